The molecule has 1 aromatic heterocycles. The first kappa shape index (κ1) is 16.3. The fraction of sp³-hybridized carbons (Fsp3) is 0.733. The fourth-order valence-electron chi connectivity index (χ4n) is 3.42. The van der Waals surface area contributed by atoms with Gasteiger partial charge in [-0.15, -0.1) is 0 Å². The molecule has 128 valence electrons. The molecule has 1 aromatic rings. The molecular weight excluding hydrogens is 316 g/mol. The van der Waals surface area contributed by atoms with Crippen molar-refractivity contribution in [2.45, 2.75) is 44.7 Å². The van der Waals surface area contributed by atoms with E-state index in [2.05, 4.69) is 10.4 Å². The monoisotopic (exact) mass is 340 g/mol. The number of aryl methyl sites for hydroxylation is 2. The third-order valence-electron chi connectivity index (χ3n) is 4.80. The Morgan fingerprint density at radius 3 is 2.91 bits per heavy atom. The summed E-state index contributed by atoms with van der Waals surface area (Å²) >= 11 is 0. The lowest BCUT2D eigenvalue weighted by Gasteiger charge is -2.30. The van der Waals surface area contributed by atoms with Crippen LogP contribution in [0.1, 0.15) is 43.5 Å². The van der Waals surface area contributed by atoms with Crippen molar-refractivity contribution in [3.63, 3.8) is 0 Å². The van der Waals surface area contributed by atoms with Gasteiger partial charge in [-0.1, -0.05) is 0 Å². The molecule has 2 aliphatic rings. The molecule has 0 saturated carbocycles. The Morgan fingerprint density at radius 2 is 2.13 bits per heavy atom. The zero-order valence-corrected chi connectivity index (χ0v) is 14.5. The lowest BCUT2D eigenvalue weighted by atomic mass is 9.93. The van der Waals surface area contributed by atoms with E-state index in [-0.39, 0.29) is 36.2 Å². The number of urea groups is 1. The zero-order chi connectivity index (χ0) is 16.6. The maximum Gasteiger partial charge on any atom is 0.318 e. The molecular formula is C15H24N4O3S. The molecule has 2 amide bonds. The number of hydrogen-bond acceptors (Lipinski definition) is 4. The van der Waals surface area contributed by atoms with Gasteiger partial charge < -0.3 is 10.2 Å². The van der Waals surface area contributed by atoms with Gasteiger partial charge in [0.25, 0.3) is 0 Å². The molecule has 1 N–H and O–H groups in total. The first-order chi connectivity index (χ1) is 10.9. The lowest BCUT2D eigenvalue weighted by Crippen LogP contribution is -2.47. The van der Waals surface area contributed by atoms with Gasteiger partial charge in [0.15, 0.2) is 9.84 Å². The van der Waals surface area contributed by atoms with Crippen LogP contribution < -0.4 is 5.32 Å². The van der Waals surface area contributed by atoms with Crippen molar-refractivity contribution in [2.75, 3.05) is 18.1 Å². The Morgan fingerprint density at radius 1 is 1.35 bits per heavy atom. The van der Waals surface area contributed by atoms with Crippen molar-refractivity contribution in [3.8, 4) is 0 Å². The van der Waals surface area contributed by atoms with Gasteiger partial charge in [-0.25, -0.2) is 13.2 Å². The molecule has 0 bridgehead atoms. The highest BCUT2D eigenvalue weighted by molar-refractivity contribution is 7.91. The number of amides is 2. The number of aromatic nitrogens is 2. The minimum Gasteiger partial charge on any atom is -0.331 e. The number of rotatable bonds is 1. The molecule has 2 heterocycles. The van der Waals surface area contributed by atoms with Crippen molar-refractivity contribution >= 4 is 15.9 Å². The highest BCUT2D eigenvalue weighted by Crippen LogP contribution is 2.29. The van der Waals surface area contributed by atoms with Crippen molar-refractivity contribution < 1.29 is 13.2 Å². The largest absolute Gasteiger partial charge is 0.331 e. The van der Waals surface area contributed by atoms with Crippen LogP contribution in [0.2, 0.25) is 0 Å². The average Bonchev–Trinajstić information content (AvgIpc) is 2.80. The fourth-order valence-corrected chi connectivity index (χ4v) is 4.80. The van der Waals surface area contributed by atoms with Gasteiger partial charge in [0.2, 0.25) is 0 Å². The first-order valence-corrected chi connectivity index (χ1v) is 9.98. The SMILES string of the molecule is C[C@H]1CCS(=O)(=O)CCN1C(=O)N[C@@H]1CCCc2nn(C)cc21. The Hall–Kier alpha value is -1.57. The average molecular weight is 340 g/mol. The summed E-state index contributed by atoms with van der Waals surface area (Å²) in [6.07, 6.45) is 5.30. The number of nitrogens with zero attached hydrogens (tertiary/aromatic N) is 3. The highest BCUT2D eigenvalue weighted by atomic mass is 32.2. The van der Waals surface area contributed by atoms with E-state index in [1.54, 1.807) is 9.58 Å². The highest BCUT2D eigenvalue weighted by Gasteiger charge is 2.31. The number of fused-ring (bicyclic) bond motifs is 1. The third-order valence-corrected chi connectivity index (χ3v) is 6.46. The smallest absolute Gasteiger partial charge is 0.318 e. The first-order valence-electron chi connectivity index (χ1n) is 8.16. The molecule has 2 atom stereocenters. The van der Waals surface area contributed by atoms with E-state index in [0.717, 1.165) is 30.5 Å². The van der Waals surface area contributed by atoms with E-state index in [1.807, 2.05) is 20.2 Å². The summed E-state index contributed by atoms with van der Waals surface area (Å²) < 4.78 is 25.3. The Kier molecular flexibility index (Phi) is 4.35. The van der Waals surface area contributed by atoms with Gasteiger partial charge in [0.05, 0.1) is 23.2 Å². The van der Waals surface area contributed by atoms with Crippen LogP contribution in [-0.4, -0.2) is 53.2 Å². The molecule has 1 aliphatic heterocycles. The standard InChI is InChI=1S/C15H24N4O3S/c1-11-6-8-23(21,22)9-7-19(11)15(20)16-13-4-3-5-14-12(13)10-18(2)17-14/h10-11,13H,3-9H2,1-2H3,(H,16,20)/t11-,13+/m0/s1. The Bertz CT molecular complexity index is 698. The minimum absolute atomic E-state index is 0.0352. The maximum atomic E-state index is 12.6. The van der Waals surface area contributed by atoms with Gasteiger partial charge in [0, 0.05) is 31.4 Å². The van der Waals surface area contributed by atoms with Gasteiger partial charge in [-0.05, 0) is 32.6 Å². The Balaban J connectivity index is 1.72. The molecule has 23 heavy (non-hydrogen) atoms. The summed E-state index contributed by atoms with van der Waals surface area (Å²) in [5.74, 6) is 0.210. The number of nitrogens with one attached hydrogen (secondary N) is 1. The van der Waals surface area contributed by atoms with Crippen LogP contribution in [0.25, 0.3) is 0 Å². The van der Waals surface area contributed by atoms with Crippen LogP contribution in [-0.2, 0) is 23.3 Å². The van der Waals surface area contributed by atoms with Gasteiger partial charge >= 0.3 is 6.03 Å². The van der Waals surface area contributed by atoms with E-state index in [1.165, 1.54) is 0 Å². The third kappa shape index (κ3) is 3.52. The summed E-state index contributed by atoms with van der Waals surface area (Å²) in [6, 6.07) is -0.271. The summed E-state index contributed by atoms with van der Waals surface area (Å²) in [5, 5.41) is 7.53. The number of carbonyl (C=O) groups excluding carboxylic acids is 1. The summed E-state index contributed by atoms with van der Waals surface area (Å²) in [6.45, 7) is 2.18. The second-order valence-electron chi connectivity index (χ2n) is 6.58. The predicted molar refractivity (Wildman–Crippen MR) is 86.9 cm³/mol. The topological polar surface area (TPSA) is 84.3 Å². The molecule has 1 fully saturated rings. The van der Waals surface area contributed by atoms with Crippen molar-refractivity contribution in [1.29, 1.82) is 0 Å². The van der Waals surface area contributed by atoms with Crippen LogP contribution in [0, 0.1) is 0 Å². The molecule has 7 nitrogen and oxygen atoms in total. The lowest BCUT2D eigenvalue weighted by molar-refractivity contribution is 0.178. The molecule has 0 radical (unpaired) electrons. The minimum atomic E-state index is -3.03. The van der Waals surface area contributed by atoms with E-state index in [9.17, 15) is 13.2 Å². The van der Waals surface area contributed by atoms with Gasteiger partial charge in [0.1, 0.15) is 0 Å². The van der Waals surface area contributed by atoms with Gasteiger partial charge in [-0.3, -0.25) is 4.68 Å². The van der Waals surface area contributed by atoms with Crippen LogP contribution in [0.5, 0.6) is 0 Å². The van der Waals surface area contributed by atoms with Crippen LogP contribution in [0.3, 0.4) is 0 Å². The number of sulfone groups is 1. The molecule has 0 aromatic carbocycles. The summed E-state index contributed by atoms with van der Waals surface area (Å²) in [4.78, 5) is 14.3. The molecule has 1 aliphatic carbocycles. The van der Waals surface area contributed by atoms with Crippen molar-refractivity contribution in [3.05, 3.63) is 17.5 Å². The quantitative estimate of drug-likeness (QED) is 0.827. The molecule has 0 spiro atoms. The molecule has 1 saturated heterocycles. The number of carbonyl (C=O) groups is 1. The van der Waals surface area contributed by atoms with Crippen LogP contribution >= 0.6 is 0 Å². The zero-order valence-electron chi connectivity index (χ0n) is 13.7. The predicted octanol–water partition coefficient (Wildman–Crippen LogP) is 1.02. The second kappa shape index (κ2) is 6.14. The molecule has 3 rings (SSSR count). The van der Waals surface area contributed by atoms with E-state index in [4.69, 9.17) is 0 Å². The van der Waals surface area contributed by atoms with Crippen LogP contribution in [0.4, 0.5) is 4.79 Å². The molecule has 0 unspecified atom stereocenters. The summed E-state index contributed by atoms with van der Waals surface area (Å²) in [7, 11) is -1.14. The van der Waals surface area contributed by atoms with E-state index < -0.39 is 9.84 Å². The maximum absolute atomic E-state index is 12.6. The summed E-state index contributed by atoms with van der Waals surface area (Å²) in [5.41, 5.74) is 2.14. The van der Waals surface area contributed by atoms with E-state index in [0.29, 0.717) is 6.42 Å². The molecule has 8 heteroatoms. The van der Waals surface area contributed by atoms with Gasteiger partial charge in [-0.2, -0.15) is 5.10 Å². The second-order valence-corrected chi connectivity index (χ2v) is 8.89. The van der Waals surface area contributed by atoms with E-state index >= 15 is 0 Å². The normalized spacial score (nSPS) is 27.1. The van der Waals surface area contributed by atoms with Crippen LogP contribution in [0.15, 0.2) is 6.20 Å². The Labute approximate surface area is 137 Å². The van der Waals surface area contributed by atoms with Crippen molar-refractivity contribution in [1.82, 2.24) is 20.0 Å². The van der Waals surface area contributed by atoms with Crippen molar-refractivity contribution in [2.24, 2.45) is 7.05 Å². The number of hydrogen-bond donors (Lipinski definition) is 1.